The van der Waals surface area contributed by atoms with Crippen LogP contribution in [-0.2, 0) is 0 Å². The normalized spacial score (nSPS) is 10.6. The topological polar surface area (TPSA) is 61.0 Å². The van der Waals surface area contributed by atoms with E-state index >= 15 is 0 Å². The monoisotopic (exact) mass is 251 g/mol. The molecule has 0 fully saturated rings. The average molecular weight is 251 g/mol. The van der Waals surface area contributed by atoms with Crippen LogP contribution >= 0.6 is 0 Å². The molecule has 4 nitrogen and oxygen atoms in total. The van der Waals surface area contributed by atoms with Crippen molar-refractivity contribution < 1.29 is 4.74 Å². The van der Waals surface area contributed by atoms with Crippen molar-refractivity contribution in [3.8, 4) is 11.6 Å². The fraction of sp³-hybridized carbons (Fsp3) is 0.0667. The average Bonchev–Trinajstić information content (AvgIpc) is 2.44. The van der Waals surface area contributed by atoms with Gasteiger partial charge < -0.3 is 10.5 Å². The van der Waals surface area contributed by atoms with Gasteiger partial charge in [-0.15, -0.1) is 0 Å². The molecule has 0 radical (unpaired) electrons. The van der Waals surface area contributed by atoms with Gasteiger partial charge in [-0.3, -0.25) is 0 Å². The summed E-state index contributed by atoms with van der Waals surface area (Å²) in [6.07, 6.45) is 1.62. The van der Waals surface area contributed by atoms with Crippen molar-refractivity contribution in [3.05, 3.63) is 54.2 Å². The molecule has 94 valence electrons. The van der Waals surface area contributed by atoms with Crippen LogP contribution in [0.3, 0.4) is 0 Å². The maximum absolute atomic E-state index is 5.85. The number of rotatable bonds is 2. The standard InChI is InChI=1S/C15H13N3O/c1-10-11(16)5-4-8-14(10)19-15-9-17-12-6-2-3-7-13(12)18-15/h2-9H,16H2,1H3. The van der Waals surface area contributed by atoms with Crippen LogP contribution in [0, 0.1) is 6.92 Å². The molecule has 0 amide bonds. The Morgan fingerprint density at radius 2 is 1.79 bits per heavy atom. The minimum absolute atomic E-state index is 0.465. The zero-order valence-electron chi connectivity index (χ0n) is 10.5. The molecule has 0 aliphatic heterocycles. The zero-order chi connectivity index (χ0) is 13.2. The van der Waals surface area contributed by atoms with Crippen LogP contribution in [-0.4, -0.2) is 9.97 Å². The van der Waals surface area contributed by atoms with Crippen LogP contribution in [0.4, 0.5) is 5.69 Å². The third kappa shape index (κ3) is 2.20. The summed E-state index contributed by atoms with van der Waals surface area (Å²) in [7, 11) is 0. The van der Waals surface area contributed by atoms with Gasteiger partial charge in [-0.25, -0.2) is 9.97 Å². The number of para-hydroxylation sites is 2. The van der Waals surface area contributed by atoms with Gasteiger partial charge in [-0.05, 0) is 31.2 Å². The molecule has 4 heteroatoms. The second kappa shape index (κ2) is 4.57. The lowest BCUT2D eigenvalue weighted by molar-refractivity contribution is 0.459. The highest BCUT2D eigenvalue weighted by atomic mass is 16.5. The zero-order valence-corrected chi connectivity index (χ0v) is 10.5. The Hall–Kier alpha value is -2.62. The van der Waals surface area contributed by atoms with E-state index in [9.17, 15) is 0 Å². The third-order valence-electron chi connectivity index (χ3n) is 2.97. The van der Waals surface area contributed by atoms with Gasteiger partial charge in [0.2, 0.25) is 5.88 Å². The van der Waals surface area contributed by atoms with Crippen LogP contribution < -0.4 is 10.5 Å². The Kier molecular flexibility index (Phi) is 2.76. The molecule has 2 aromatic carbocycles. The first kappa shape index (κ1) is 11.5. The summed E-state index contributed by atoms with van der Waals surface area (Å²) in [6, 6.07) is 13.2. The van der Waals surface area contributed by atoms with Crippen LogP contribution in [0.2, 0.25) is 0 Å². The number of nitrogens with two attached hydrogens (primary N) is 1. The van der Waals surface area contributed by atoms with Gasteiger partial charge in [0, 0.05) is 11.3 Å². The lowest BCUT2D eigenvalue weighted by atomic mass is 10.2. The first-order chi connectivity index (χ1) is 9.24. The highest BCUT2D eigenvalue weighted by Crippen LogP contribution is 2.27. The summed E-state index contributed by atoms with van der Waals surface area (Å²) in [4.78, 5) is 8.73. The molecule has 2 N–H and O–H groups in total. The second-order valence-corrected chi connectivity index (χ2v) is 4.27. The van der Waals surface area contributed by atoms with Crippen molar-refractivity contribution in [2.45, 2.75) is 6.92 Å². The molecule has 19 heavy (non-hydrogen) atoms. The molecule has 0 bridgehead atoms. The number of fused-ring (bicyclic) bond motifs is 1. The highest BCUT2D eigenvalue weighted by molar-refractivity contribution is 5.74. The van der Waals surface area contributed by atoms with Crippen LogP contribution in [0.25, 0.3) is 11.0 Å². The molecule has 0 saturated heterocycles. The second-order valence-electron chi connectivity index (χ2n) is 4.27. The predicted octanol–water partition coefficient (Wildman–Crippen LogP) is 3.31. The summed E-state index contributed by atoms with van der Waals surface area (Å²) < 4.78 is 5.74. The van der Waals surface area contributed by atoms with Crippen LogP contribution in [0.5, 0.6) is 11.6 Å². The Labute approximate surface area is 110 Å². The minimum Gasteiger partial charge on any atom is -0.437 e. The number of ether oxygens (including phenoxy) is 1. The van der Waals surface area contributed by atoms with E-state index < -0.39 is 0 Å². The predicted molar refractivity (Wildman–Crippen MR) is 75.2 cm³/mol. The molecule has 1 heterocycles. The van der Waals surface area contributed by atoms with E-state index in [1.165, 1.54) is 0 Å². The number of nitrogen functional groups attached to an aromatic ring is 1. The van der Waals surface area contributed by atoms with Crippen molar-refractivity contribution in [3.63, 3.8) is 0 Å². The van der Waals surface area contributed by atoms with Crippen molar-refractivity contribution >= 4 is 16.7 Å². The Morgan fingerprint density at radius 3 is 2.63 bits per heavy atom. The molecule has 0 aliphatic carbocycles. The van der Waals surface area contributed by atoms with Gasteiger partial charge >= 0.3 is 0 Å². The largest absolute Gasteiger partial charge is 0.437 e. The summed E-state index contributed by atoms with van der Waals surface area (Å²) in [5, 5.41) is 0. The first-order valence-electron chi connectivity index (χ1n) is 5.99. The molecule has 0 atom stereocenters. The molecule has 3 rings (SSSR count). The number of aromatic nitrogens is 2. The van der Waals surface area contributed by atoms with E-state index in [1.54, 1.807) is 6.20 Å². The summed E-state index contributed by atoms with van der Waals surface area (Å²) in [5.41, 5.74) is 9.10. The molecule has 0 aliphatic rings. The summed E-state index contributed by atoms with van der Waals surface area (Å²) in [6.45, 7) is 1.92. The van der Waals surface area contributed by atoms with Crippen LogP contribution in [0.1, 0.15) is 5.56 Å². The van der Waals surface area contributed by atoms with Gasteiger partial charge in [0.1, 0.15) is 5.75 Å². The summed E-state index contributed by atoms with van der Waals surface area (Å²) in [5.74, 6) is 1.16. The molecular formula is C15H13N3O. The van der Waals surface area contributed by atoms with E-state index in [0.29, 0.717) is 17.3 Å². The third-order valence-corrected chi connectivity index (χ3v) is 2.97. The number of benzene rings is 2. The van der Waals surface area contributed by atoms with E-state index in [-0.39, 0.29) is 0 Å². The Bertz CT molecular complexity index is 740. The number of hydrogen-bond acceptors (Lipinski definition) is 4. The van der Waals surface area contributed by atoms with Gasteiger partial charge in [-0.1, -0.05) is 18.2 Å². The number of anilines is 1. The lowest BCUT2D eigenvalue weighted by Crippen LogP contribution is -1.95. The van der Waals surface area contributed by atoms with Gasteiger partial charge in [-0.2, -0.15) is 0 Å². The molecule has 1 aromatic heterocycles. The van der Waals surface area contributed by atoms with Gasteiger partial charge in [0.25, 0.3) is 0 Å². The van der Waals surface area contributed by atoms with Crippen molar-refractivity contribution in [2.24, 2.45) is 0 Å². The first-order valence-corrected chi connectivity index (χ1v) is 5.99. The van der Waals surface area contributed by atoms with Gasteiger partial charge in [0.15, 0.2) is 0 Å². The fourth-order valence-electron chi connectivity index (χ4n) is 1.84. The molecule has 0 unspecified atom stereocenters. The molecule has 0 saturated carbocycles. The number of nitrogens with zero attached hydrogens (tertiary/aromatic N) is 2. The van der Waals surface area contributed by atoms with Gasteiger partial charge in [0.05, 0.1) is 17.2 Å². The molecule has 3 aromatic rings. The van der Waals surface area contributed by atoms with Crippen molar-refractivity contribution in [2.75, 3.05) is 5.73 Å². The smallest absolute Gasteiger partial charge is 0.238 e. The van der Waals surface area contributed by atoms with Crippen molar-refractivity contribution in [1.29, 1.82) is 0 Å². The quantitative estimate of drug-likeness (QED) is 0.710. The van der Waals surface area contributed by atoms with Crippen molar-refractivity contribution in [1.82, 2.24) is 9.97 Å². The van der Waals surface area contributed by atoms with E-state index in [2.05, 4.69) is 9.97 Å². The highest BCUT2D eigenvalue weighted by Gasteiger charge is 2.06. The minimum atomic E-state index is 0.465. The fourth-order valence-corrected chi connectivity index (χ4v) is 1.84. The van der Waals surface area contributed by atoms with Crippen LogP contribution in [0.15, 0.2) is 48.7 Å². The molecular weight excluding hydrogens is 238 g/mol. The molecule has 0 spiro atoms. The SMILES string of the molecule is Cc1c(N)cccc1Oc1cnc2ccccc2n1. The van der Waals surface area contributed by atoms with E-state index in [0.717, 1.165) is 16.6 Å². The maximum atomic E-state index is 5.85. The number of hydrogen-bond donors (Lipinski definition) is 1. The maximum Gasteiger partial charge on any atom is 0.238 e. The lowest BCUT2D eigenvalue weighted by Gasteiger charge is -2.09. The Morgan fingerprint density at radius 1 is 1.00 bits per heavy atom. The van der Waals surface area contributed by atoms with E-state index in [4.69, 9.17) is 10.5 Å². The summed E-state index contributed by atoms with van der Waals surface area (Å²) >= 11 is 0. The Balaban J connectivity index is 1.99. The van der Waals surface area contributed by atoms with E-state index in [1.807, 2.05) is 49.4 Å².